The zero-order valence-corrected chi connectivity index (χ0v) is 17.4. The summed E-state index contributed by atoms with van der Waals surface area (Å²) in [7, 11) is 0. The van der Waals surface area contributed by atoms with Crippen LogP contribution in [0.1, 0.15) is 53.6 Å². The lowest BCUT2D eigenvalue weighted by Gasteiger charge is -2.26. The third-order valence-corrected chi connectivity index (χ3v) is 8.09. The van der Waals surface area contributed by atoms with Crippen molar-refractivity contribution in [1.29, 1.82) is 0 Å². The molecule has 2 aromatic heterocycles. The Bertz CT molecular complexity index is 834. The molecule has 2 atom stereocenters. The first-order chi connectivity index (χ1) is 12.2. The predicted molar refractivity (Wildman–Crippen MR) is 97.4 cm³/mol. The molecule has 1 fully saturated rings. The summed E-state index contributed by atoms with van der Waals surface area (Å²) in [6, 6.07) is 0. The van der Waals surface area contributed by atoms with Gasteiger partial charge in [0.1, 0.15) is 0 Å². The van der Waals surface area contributed by atoms with Crippen LogP contribution in [0, 0.1) is 41.5 Å². The Morgan fingerprint density at radius 3 is 1.07 bits per heavy atom. The standard InChI is InChI=1S/C19H20F6S2/c1-7-9(3)26-11(5)13(7)15-16(14-8(2)10(4)27-12(14)6)18(22,23)19(24,25)17(15,20)21/h15-16H,1-6H3. The summed E-state index contributed by atoms with van der Waals surface area (Å²) in [5.74, 6) is -19.7. The predicted octanol–water partition coefficient (Wildman–Crippen LogP) is 7.45. The minimum atomic E-state index is -5.43. The zero-order chi connectivity index (χ0) is 20.7. The molecule has 0 aliphatic heterocycles. The van der Waals surface area contributed by atoms with Crippen LogP contribution in [0.25, 0.3) is 0 Å². The van der Waals surface area contributed by atoms with Gasteiger partial charge in [-0.25, -0.2) is 0 Å². The topological polar surface area (TPSA) is 0 Å². The fourth-order valence-corrected chi connectivity index (χ4v) is 6.49. The molecule has 0 N–H and O–H groups in total. The van der Waals surface area contributed by atoms with Gasteiger partial charge in [-0.15, -0.1) is 22.7 Å². The Hall–Kier alpha value is -1.02. The van der Waals surface area contributed by atoms with Gasteiger partial charge in [0, 0.05) is 19.5 Å². The van der Waals surface area contributed by atoms with Crippen LogP contribution in [0.5, 0.6) is 0 Å². The first-order valence-corrected chi connectivity index (χ1v) is 10.1. The summed E-state index contributed by atoms with van der Waals surface area (Å²) in [4.78, 5) is 2.11. The van der Waals surface area contributed by atoms with E-state index in [9.17, 15) is 26.3 Å². The molecule has 1 saturated carbocycles. The SMILES string of the molecule is Cc1sc(C)c(C2C(c3c(C)sc(C)c3C)C(F)(F)C(F)(F)C2(F)F)c1C. The van der Waals surface area contributed by atoms with Gasteiger partial charge in [-0.3, -0.25) is 0 Å². The average molecular weight is 426 g/mol. The number of rotatable bonds is 2. The van der Waals surface area contributed by atoms with Gasteiger partial charge in [-0.2, -0.15) is 26.3 Å². The Labute approximate surface area is 162 Å². The van der Waals surface area contributed by atoms with E-state index in [4.69, 9.17) is 0 Å². The molecule has 0 amide bonds. The zero-order valence-electron chi connectivity index (χ0n) is 15.7. The van der Waals surface area contributed by atoms with Gasteiger partial charge in [0.2, 0.25) is 0 Å². The molecule has 2 aromatic rings. The Balaban J connectivity index is 2.40. The monoisotopic (exact) mass is 426 g/mol. The quantitative estimate of drug-likeness (QED) is 0.438. The second-order valence-electron chi connectivity index (χ2n) is 7.28. The number of thiophene rings is 2. The smallest absolute Gasteiger partial charge is 0.199 e. The Morgan fingerprint density at radius 2 is 0.852 bits per heavy atom. The lowest BCUT2D eigenvalue weighted by Crippen LogP contribution is -2.48. The maximum atomic E-state index is 14.9. The van der Waals surface area contributed by atoms with Crippen molar-refractivity contribution < 1.29 is 26.3 Å². The van der Waals surface area contributed by atoms with Crippen LogP contribution >= 0.6 is 22.7 Å². The number of hydrogen-bond acceptors (Lipinski definition) is 2. The number of aryl methyl sites for hydroxylation is 4. The Kier molecular flexibility index (Phi) is 4.59. The van der Waals surface area contributed by atoms with Crippen molar-refractivity contribution in [3.63, 3.8) is 0 Å². The molecule has 1 aliphatic rings. The molecule has 0 spiro atoms. The van der Waals surface area contributed by atoms with Crippen LogP contribution in [0.3, 0.4) is 0 Å². The maximum Gasteiger partial charge on any atom is 0.373 e. The van der Waals surface area contributed by atoms with E-state index in [-0.39, 0.29) is 11.1 Å². The first-order valence-electron chi connectivity index (χ1n) is 8.44. The molecule has 3 rings (SSSR count). The minimum absolute atomic E-state index is 0.0630. The third-order valence-electron chi connectivity index (χ3n) is 5.81. The van der Waals surface area contributed by atoms with Crippen molar-refractivity contribution in [2.24, 2.45) is 0 Å². The summed E-state index contributed by atoms with van der Waals surface area (Å²) < 4.78 is 88.5. The highest BCUT2D eigenvalue weighted by Gasteiger charge is 2.85. The summed E-state index contributed by atoms with van der Waals surface area (Å²) in [6.07, 6.45) is 0. The molecule has 0 nitrogen and oxygen atoms in total. The molecule has 27 heavy (non-hydrogen) atoms. The van der Waals surface area contributed by atoms with Crippen LogP contribution in [0.2, 0.25) is 0 Å². The van der Waals surface area contributed by atoms with E-state index in [0.29, 0.717) is 30.6 Å². The molecule has 8 heteroatoms. The number of alkyl halides is 6. The molecule has 0 saturated heterocycles. The third kappa shape index (κ3) is 2.48. The van der Waals surface area contributed by atoms with Gasteiger partial charge in [0.25, 0.3) is 0 Å². The van der Waals surface area contributed by atoms with Crippen LogP contribution in [-0.4, -0.2) is 17.8 Å². The van der Waals surface area contributed by atoms with E-state index < -0.39 is 29.6 Å². The van der Waals surface area contributed by atoms with Gasteiger partial charge in [-0.05, 0) is 63.8 Å². The van der Waals surface area contributed by atoms with E-state index in [1.165, 1.54) is 50.4 Å². The normalized spacial score (nSPS) is 25.9. The fourth-order valence-electron chi connectivity index (χ4n) is 4.26. The summed E-state index contributed by atoms with van der Waals surface area (Å²) >= 11 is 2.35. The maximum absolute atomic E-state index is 14.9. The second kappa shape index (κ2) is 5.99. The van der Waals surface area contributed by atoms with Crippen molar-refractivity contribution in [3.05, 3.63) is 41.8 Å². The van der Waals surface area contributed by atoms with Gasteiger partial charge in [0.05, 0.1) is 11.8 Å². The van der Waals surface area contributed by atoms with Gasteiger partial charge in [0.15, 0.2) is 0 Å². The second-order valence-corrected chi connectivity index (χ2v) is 10.1. The summed E-state index contributed by atoms with van der Waals surface area (Å²) in [5.41, 5.74) is 0.657. The van der Waals surface area contributed by atoms with Gasteiger partial charge in [-0.1, -0.05) is 0 Å². The molecule has 0 bridgehead atoms. The molecular formula is C19H20F6S2. The van der Waals surface area contributed by atoms with Crippen molar-refractivity contribution >= 4 is 22.7 Å². The largest absolute Gasteiger partial charge is 0.373 e. The molecule has 2 heterocycles. The molecule has 150 valence electrons. The molecule has 0 aromatic carbocycles. The Morgan fingerprint density at radius 1 is 0.556 bits per heavy atom. The average Bonchev–Trinajstić information content (AvgIpc) is 2.95. The number of hydrogen-bond donors (Lipinski definition) is 0. The lowest BCUT2D eigenvalue weighted by atomic mass is 9.79. The van der Waals surface area contributed by atoms with Crippen molar-refractivity contribution in [3.8, 4) is 0 Å². The highest BCUT2D eigenvalue weighted by Crippen LogP contribution is 2.70. The van der Waals surface area contributed by atoms with Crippen LogP contribution in [0.4, 0.5) is 26.3 Å². The van der Waals surface area contributed by atoms with Gasteiger partial charge >= 0.3 is 17.8 Å². The van der Waals surface area contributed by atoms with E-state index in [1.54, 1.807) is 13.8 Å². The van der Waals surface area contributed by atoms with E-state index in [0.717, 1.165) is 0 Å². The minimum Gasteiger partial charge on any atom is -0.199 e. The van der Waals surface area contributed by atoms with E-state index >= 15 is 0 Å². The number of halogens is 6. The summed E-state index contributed by atoms with van der Waals surface area (Å²) in [6.45, 7) is 9.49. The van der Waals surface area contributed by atoms with Crippen LogP contribution < -0.4 is 0 Å². The van der Waals surface area contributed by atoms with E-state index in [1.807, 2.05) is 0 Å². The highest BCUT2D eigenvalue weighted by atomic mass is 32.1. The highest BCUT2D eigenvalue weighted by molar-refractivity contribution is 7.12. The van der Waals surface area contributed by atoms with E-state index in [2.05, 4.69) is 0 Å². The van der Waals surface area contributed by atoms with Crippen LogP contribution in [0.15, 0.2) is 0 Å². The molecule has 0 radical (unpaired) electrons. The van der Waals surface area contributed by atoms with Crippen molar-refractivity contribution in [2.75, 3.05) is 0 Å². The van der Waals surface area contributed by atoms with Crippen LogP contribution in [-0.2, 0) is 0 Å². The van der Waals surface area contributed by atoms with Crippen molar-refractivity contribution in [1.82, 2.24) is 0 Å². The summed E-state index contributed by atoms with van der Waals surface area (Å²) in [5, 5.41) is 0. The fraction of sp³-hybridized carbons (Fsp3) is 0.579. The first kappa shape index (κ1) is 20.7. The molecule has 2 unspecified atom stereocenters. The molecule has 1 aliphatic carbocycles. The van der Waals surface area contributed by atoms with Crippen molar-refractivity contribution in [2.45, 2.75) is 71.1 Å². The van der Waals surface area contributed by atoms with Gasteiger partial charge < -0.3 is 0 Å². The lowest BCUT2D eigenvalue weighted by molar-refractivity contribution is -0.275. The molecular weight excluding hydrogens is 406 g/mol.